The summed E-state index contributed by atoms with van der Waals surface area (Å²) in [6.45, 7) is 2.74. The van der Waals surface area contributed by atoms with Crippen molar-refractivity contribution >= 4 is 11.4 Å². The van der Waals surface area contributed by atoms with E-state index in [9.17, 15) is 18.9 Å². The van der Waals surface area contributed by atoms with E-state index in [1.165, 1.54) is 18.6 Å². The molecule has 0 spiro atoms. The van der Waals surface area contributed by atoms with Crippen LogP contribution in [0.25, 0.3) is 0 Å². The van der Waals surface area contributed by atoms with Gasteiger partial charge in [-0.05, 0) is 30.7 Å². The third-order valence-electron chi connectivity index (χ3n) is 4.30. The van der Waals surface area contributed by atoms with Gasteiger partial charge in [-0.25, -0.2) is 8.78 Å². The van der Waals surface area contributed by atoms with Crippen LogP contribution in [-0.4, -0.2) is 11.5 Å². The molecule has 2 rings (SSSR count). The van der Waals surface area contributed by atoms with E-state index in [0.717, 1.165) is 25.3 Å². The number of halogens is 2. The van der Waals surface area contributed by atoms with Crippen molar-refractivity contribution in [1.82, 2.24) is 0 Å². The number of rotatable bonds is 6. The smallest absolute Gasteiger partial charge is 0.270 e. The van der Waals surface area contributed by atoms with E-state index in [4.69, 9.17) is 0 Å². The third kappa shape index (κ3) is 2.89. The van der Waals surface area contributed by atoms with Crippen molar-refractivity contribution in [2.45, 2.75) is 39.0 Å². The van der Waals surface area contributed by atoms with Gasteiger partial charge in [0, 0.05) is 29.9 Å². The summed E-state index contributed by atoms with van der Waals surface area (Å²) in [6.07, 6.45) is 1.67. The number of nitrogens with zero attached hydrogens (tertiary/aromatic N) is 1. The molecule has 1 aromatic rings. The lowest BCUT2D eigenvalue weighted by molar-refractivity contribution is -0.385. The van der Waals surface area contributed by atoms with Crippen molar-refractivity contribution in [2.24, 2.45) is 5.41 Å². The second-order valence-corrected chi connectivity index (χ2v) is 5.39. The van der Waals surface area contributed by atoms with Gasteiger partial charge in [0.25, 0.3) is 12.1 Å². The molecule has 0 unspecified atom stereocenters. The molecule has 0 heterocycles. The highest BCUT2D eigenvalue weighted by Gasteiger charge is 2.35. The standard InChI is InChI=1S/C14H18F2N2O2/c1-2-14(6-3-7-14)9-17-12-5-4-10(18(19)20)8-11(12)13(15)16/h4-5,8,13,17H,2-3,6-7,9H2,1H3. The molecule has 0 atom stereocenters. The van der Waals surface area contributed by atoms with Crippen LogP contribution in [0.3, 0.4) is 0 Å². The lowest BCUT2D eigenvalue weighted by Crippen LogP contribution is -2.36. The summed E-state index contributed by atoms with van der Waals surface area (Å²) >= 11 is 0. The molecule has 0 saturated heterocycles. The minimum atomic E-state index is -2.73. The topological polar surface area (TPSA) is 55.2 Å². The zero-order valence-electron chi connectivity index (χ0n) is 11.4. The molecular formula is C14H18F2N2O2. The quantitative estimate of drug-likeness (QED) is 0.617. The van der Waals surface area contributed by atoms with Crippen LogP contribution in [0.5, 0.6) is 0 Å². The predicted octanol–water partition coefficient (Wildman–Crippen LogP) is 4.52. The van der Waals surface area contributed by atoms with Gasteiger partial charge in [0.05, 0.1) is 4.92 Å². The van der Waals surface area contributed by atoms with Gasteiger partial charge in [-0.3, -0.25) is 10.1 Å². The molecule has 0 aliphatic heterocycles. The third-order valence-corrected chi connectivity index (χ3v) is 4.30. The van der Waals surface area contributed by atoms with Crippen LogP contribution in [0.4, 0.5) is 20.2 Å². The van der Waals surface area contributed by atoms with Crippen molar-refractivity contribution in [1.29, 1.82) is 0 Å². The molecule has 1 saturated carbocycles. The molecule has 0 amide bonds. The fraction of sp³-hybridized carbons (Fsp3) is 0.571. The number of hydrogen-bond donors (Lipinski definition) is 1. The summed E-state index contributed by atoms with van der Waals surface area (Å²) in [5.41, 5.74) is -0.115. The van der Waals surface area contributed by atoms with Gasteiger partial charge in [-0.2, -0.15) is 0 Å². The maximum Gasteiger partial charge on any atom is 0.270 e. The molecule has 1 aromatic carbocycles. The highest BCUT2D eigenvalue weighted by molar-refractivity contribution is 5.56. The van der Waals surface area contributed by atoms with Crippen molar-refractivity contribution in [3.8, 4) is 0 Å². The van der Waals surface area contributed by atoms with E-state index in [-0.39, 0.29) is 16.7 Å². The molecule has 4 nitrogen and oxygen atoms in total. The maximum absolute atomic E-state index is 13.0. The van der Waals surface area contributed by atoms with Crippen LogP contribution < -0.4 is 5.32 Å². The Balaban J connectivity index is 2.16. The van der Waals surface area contributed by atoms with Gasteiger partial charge in [-0.1, -0.05) is 13.3 Å². The lowest BCUT2D eigenvalue weighted by atomic mass is 9.67. The highest BCUT2D eigenvalue weighted by Crippen LogP contribution is 2.44. The number of benzene rings is 1. The Hall–Kier alpha value is -1.72. The van der Waals surface area contributed by atoms with Crippen molar-refractivity contribution in [2.75, 3.05) is 11.9 Å². The zero-order valence-corrected chi connectivity index (χ0v) is 11.4. The largest absolute Gasteiger partial charge is 0.384 e. The van der Waals surface area contributed by atoms with E-state index in [1.54, 1.807) is 0 Å². The molecule has 1 fully saturated rings. The molecule has 20 heavy (non-hydrogen) atoms. The van der Waals surface area contributed by atoms with Crippen molar-refractivity contribution < 1.29 is 13.7 Å². The Kier molecular flexibility index (Phi) is 4.20. The van der Waals surface area contributed by atoms with Gasteiger partial charge in [0.2, 0.25) is 0 Å². The second-order valence-electron chi connectivity index (χ2n) is 5.39. The molecule has 0 aromatic heterocycles. The first kappa shape index (κ1) is 14.7. The van der Waals surface area contributed by atoms with E-state index >= 15 is 0 Å². The average Bonchev–Trinajstić information content (AvgIpc) is 2.37. The number of non-ortho nitro benzene ring substituents is 1. The Morgan fingerprint density at radius 3 is 2.60 bits per heavy atom. The van der Waals surface area contributed by atoms with Crippen LogP contribution >= 0.6 is 0 Å². The minimum Gasteiger partial charge on any atom is -0.384 e. The minimum absolute atomic E-state index is 0.196. The van der Waals surface area contributed by atoms with E-state index in [2.05, 4.69) is 12.2 Å². The average molecular weight is 284 g/mol. The van der Waals surface area contributed by atoms with Gasteiger partial charge >= 0.3 is 0 Å². The van der Waals surface area contributed by atoms with Crippen molar-refractivity contribution in [3.63, 3.8) is 0 Å². The van der Waals surface area contributed by atoms with E-state index in [1.807, 2.05) is 0 Å². The summed E-state index contributed by atoms with van der Waals surface area (Å²) in [4.78, 5) is 9.99. The summed E-state index contributed by atoms with van der Waals surface area (Å²) < 4.78 is 26.0. The first-order chi connectivity index (χ1) is 9.47. The van der Waals surface area contributed by atoms with Gasteiger partial charge in [0.1, 0.15) is 0 Å². The van der Waals surface area contributed by atoms with Crippen LogP contribution in [0.15, 0.2) is 18.2 Å². The normalized spacial score (nSPS) is 16.8. The fourth-order valence-electron chi connectivity index (χ4n) is 2.62. The number of nitro groups is 1. The molecule has 1 N–H and O–H groups in total. The van der Waals surface area contributed by atoms with E-state index in [0.29, 0.717) is 12.2 Å². The number of anilines is 1. The number of nitro benzene ring substituents is 1. The monoisotopic (exact) mass is 284 g/mol. The second kappa shape index (κ2) is 5.73. The zero-order chi connectivity index (χ0) is 14.8. The van der Waals surface area contributed by atoms with Gasteiger partial charge in [0.15, 0.2) is 0 Å². The summed E-state index contributed by atoms with van der Waals surface area (Å²) in [6, 6.07) is 3.58. The van der Waals surface area contributed by atoms with E-state index < -0.39 is 11.3 Å². The Morgan fingerprint density at radius 2 is 2.15 bits per heavy atom. The van der Waals surface area contributed by atoms with Crippen LogP contribution in [0, 0.1) is 15.5 Å². The predicted molar refractivity (Wildman–Crippen MR) is 73.1 cm³/mol. The molecule has 1 aliphatic carbocycles. The molecule has 110 valence electrons. The highest BCUT2D eigenvalue weighted by atomic mass is 19.3. The molecule has 0 radical (unpaired) electrons. The summed E-state index contributed by atoms with van der Waals surface area (Å²) in [5, 5.41) is 13.7. The van der Waals surface area contributed by atoms with Crippen molar-refractivity contribution in [3.05, 3.63) is 33.9 Å². The van der Waals surface area contributed by atoms with Crippen LogP contribution in [0.1, 0.15) is 44.6 Å². The summed E-state index contributed by atoms with van der Waals surface area (Å²) in [7, 11) is 0. The fourth-order valence-corrected chi connectivity index (χ4v) is 2.62. The first-order valence-electron chi connectivity index (χ1n) is 6.78. The van der Waals surface area contributed by atoms with Crippen LogP contribution in [-0.2, 0) is 0 Å². The SMILES string of the molecule is CCC1(CNc2ccc([N+](=O)[O-])cc2C(F)F)CCC1. The number of hydrogen-bond acceptors (Lipinski definition) is 3. The molecule has 1 aliphatic rings. The maximum atomic E-state index is 13.0. The lowest BCUT2D eigenvalue weighted by Gasteiger charge is -2.41. The molecule has 6 heteroatoms. The molecule has 0 bridgehead atoms. The van der Waals surface area contributed by atoms with Gasteiger partial charge < -0.3 is 5.32 Å². The number of nitrogens with one attached hydrogen (secondary N) is 1. The Bertz CT molecular complexity index is 496. The molecular weight excluding hydrogens is 266 g/mol. The Labute approximate surface area is 116 Å². The summed E-state index contributed by atoms with van der Waals surface area (Å²) in [5.74, 6) is 0. The van der Waals surface area contributed by atoms with Gasteiger partial charge in [-0.15, -0.1) is 0 Å². The number of alkyl halides is 2. The first-order valence-corrected chi connectivity index (χ1v) is 6.78. The van der Waals surface area contributed by atoms with Crippen LogP contribution in [0.2, 0.25) is 0 Å². The Morgan fingerprint density at radius 1 is 1.45 bits per heavy atom.